The number of anilines is 1. The van der Waals surface area contributed by atoms with Gasteiger partial charge in [-0.15, -0.1) is 0 Å². The topological polar surface area (TPSA) is 88.5 Å². The minimum atomic E-state index is -0.269. The van der Waals surface area contributed by atoms with Crippen LogP contribution in [0.4, 0.5) is 5.95 Å². The zero-order valence-corrected chi connectivity index (χ0v) is 7.43. The largest absolute Gasteiger partial charge is 0.291 e. The standard InChI is InChI=1S/C7H8N6O/c1-13-7(8-4-11-13)12-6(14)5-2-9-10-3-5/h2-4H,1H3,(H,9,10)(H,8,11,12,14). The second kappa shape index (κ2) is 3.29. The molecule has 7 heteroatoms. The van der Waals surface area contributed by atoms with E-state index in [9.17, 15) is 4.79 Å². The summed E-state index contributed by atoms with van der Waals surface area (Å²) in [6.45, 7) is 0. The second-order valence-corrected chi connectivity index (χ2v) is 2.65. The third kappa shape index (κ3) is 1.47. The van der Waals surface area contributed by atoms with Crippen molar-refractivity contribution < 1.29 is 4.79 Å². The fraction of sp³-hybridized carbons (Fsp3) is 0.143. The lowest BCUT2D eigenvalue weighted by molar-refractivity contribution is 0.102. The van der Waals surface area contributed by atoms with Gasteiger partial charge in [0.2, 0.25) is 5.95 Å². The minimum Gasteiger partial charge on any atom is -0.291 e. The number of hydrogen-bond donors (Lipinski definition) is 2. The molecular formula is C7H8N6O. The molecule has 0 aliphatic rings. The van der Waals surface area contributed by atoms with Gasteiger partial charge in [-0.25, -0.2) is 4.68 Å². The Labute approximate surface area is 79.2 Å². The molecule has 0 unspecified atom stereocenters. The Kier molecular flexibility index (Phi) is 1.98. The molecule has 0 aliphatic heterocycles. The summed E-state index contributed by atoms with van der Waals surface area (Å²) in [4.78, 5) is 15.3. The first-order valence-electron chi connectivity index (χ1n) is 3.91. The molecule has 0 fully saturated rings. The highest BCUT2D eigenvalue weighted by molar-refractivity contribution is 6.02. The van der Waals surface area contributed by atoms with Gasteiger partial charge in [0, 0.05) is 13.2 Å². The van der Waals surface area contributed by atoms with Crippen molar-refractivity contribution in [3.63, 3.8) is 0 Å². The fourth-order valence-corrected chi connectivity index (χ4v) is 0.958. The SMILES string of the molecule is Cn1ncnc1NC(=O)c1cn[nH]c1. The molecule has 2 N–H and O–H groups in total. The average Bonchev–Trinajstić information content (AvgIpc) is 2.77. The Hall–Kier alpha value is -2.18. The molecule has 14 heavy (non-hydrogen) atoms. The number of amides is 1. The first kappa shape index (κ1) is 8.42. The van der Waals surface area contributed by atoms with E-state index in [1.54, 1.807) is 7.05 Å². The van der Waals surface area contributed by atoms with E-state index in [4.69, 9.17) is 0 Å². The number of hydrogen-bond acceptors (Lipinski definition) is 4. The fourth-order valence-electron chi connectivity index (χ4n) is 0.958. The van der Waals surface area contributed by atoms with Crippen LogP contribution < -0.4 is 5.32 Å². The summed E-state index contributed by atoms with van der Waals surface area (Å²) in [7, 11) is 1.69. The lowest BCUT2D eigenvalue weighted by Gasteiger charge is -2.00. The quantitative estimate of drug-likeness (QED) is 0.689. The monoisotopic (exact) mass is 192 g/mol. The van der Waals surface area contributed by atoms with E-state index < -0.39 is 0 Å². The molecule has 0 bridgehead atoms. The van der Waals surface area contributed by atoms with Gasteiger partial charge in [0.05, 0.1) is 11.8 Å². The first-order chi connectivity index (χ1) is 6.77. The molecule has 0 saturated heterocycles. The van der Waals surface area contributed by atoms with Crippen LogP contribution in [0.2, 0.25) is 0 Å². The van der Waals surface area contributed by atoms with Crippen molar-refractivity contribution in [2.75, 3.05) is 5.32 Å². The van der Waals surface area contributed by atoms with Crippen LogP contribution in [0.25, 0.3) is 0 Å². The highest BCUT2D eigenvalue weighted by Crippen LogP contribution is 2.02. The molecule has 2 rings (SSSR count). The minimum absolute atomic E-state index is 0.269. The van der Waals surface area contributed by atoms with Crippen LogP contribution in [0, 0.1) is 0 Å². The summed E-state index contributed by atoms with van der Waals surface area (Å²) in [6, 6.07) is 0. The number of aromatic amines is 1. The van der Waals surface area contributed by atoms with Crippen LogP contribution in [-0.4, -0.2) is 30.9 Å². The summed E-state index contributed by atoms with van der Waals surface area (Å²) in [5.41, 5.74) is 0.452. The Morgan fingerprint density at radius 3 is 3.07 bits per heavy atom. The van der Waals surface area contributed by atoms with Gasteiger partial charge in [-0.05, 0) is 0 Å². The van der Waals surface area contributed by atoms with Crippen LogP contribution in [0.5, 0.6) is 0 Å². The summed E-state index contributed by atoms with van der Waals surface area (Å²) in [6.07, 6.45) is 4.31. The summed E-state index contributed by atoms with van der Waals surface area (Å²) >= 11 is 0. The predicted octanol–water partition coefficient (Wildman–Crippen LogP) is -0.209. The van der Waals surface area contributed by atoms with E-state index in [-0.39, 0.29) is 5.91 Å². The van der Waals surface area contributed by atoms with Crippen molar-refractivity contribution in [2.24, 2.45) is 7.05 Å². The second-order valence-electron chi connectivity index (χ2n) is 2.65. The van der Waals surface area contributed by atoms with Gasteiger partial charge in [-0.2, -0.15) is 15.2 Å². The molecule has 0 atom stereocenters. The molecule has 0 spiro atoms. The molecule has 2 aromatic rings. The van der Waals surface area contributed by atoms with Crippen molar-refractivity contribution in [1.82, 2.24) is 25.0 Å². The molecule has 0 aliphatic carbocycles. The molecule has 2 aromatic heterocycles. The van der Waals surface area contributed by atoms with Crippen LogP contribution in [-0.2, 0) is 7.05 Å². The van der Waals surface area contributed by atoms with E-state index in [0.717, 1.165) is 0 Å². The lowest BCUT2D eigenvalue weighted by Crippen LogP contribution is -2.14. The van der Waals surface area contributed by atoms with Crippen LogP contribution >= 0.6 is 0 Å². The van der Waals surface area contributed by atoms with E-state index in [0.29, 0.717) is 11.5 Å². The molecule has 0 saturated carbocycles. The molecule has 7 nitrogen and oxygen atoms in total. The smallest absolute Gasteiger partial charge is 0.261 e. The number of H-pyrrole nitrogens is 1. The number of nitrogens with zero attached hydrogens (tertiary/aromatic N) is 4. The van der Waals surface area contributed by atoms with Gasteiger partial charge in [-0.1, -0.05) is 0 Å². The number of nitrogens with one attached hydrogen (secondary N) is 2. The summed E-state index contributed by atoms with van der Waals surface area (Å²) in [5, 5.41) is 12.6. The molecule has 2 heterocycles. The zero-order valence-electron chi connectivity index (χ0n) is 7.43. The molecule has 72 valence electrons. The summed E-state index contributed by atoms with van der Waals surface area (Å²) in [5.74, 6) is 0.131. The normalized spacial score (nSPS) is 10.1. The predicted molar refractivity (Wildman–Crippen MR) is 47.5 cm³/mol. The van der Waals surface area contributed by atoms with Crippen molar-refractivity contribution in [1.29, 1.82) is 0 Å². The van der Waals surface area contributed by atoms with Gasteiger partial charge in [-0.3, -0.25) is 15.2 Å². The number of aromatic nitrogens is 5. The Morgan fingerprint density at radius 1 is 1.64 bits per heavy atom. The highest BCUT2D eigenvalue weighted by Gasteiger charge is 2.09. The van der Waals surface area contributed by atoms with Crippen LogP contribution in [0.15, 0.2) is 18.7 Å². The van der Waals surface area contributed by atoms with Crippen molar-refractivity contribution in [3.05, 3.63) is 24.3 Å². The first-order valence-corrected chi connectivity index (χ1v) is 3.91. The van der Waals surface area contributed by atoms with Gasteiger partial charge in [0.15, 0.2) is 0 Å². The maximum absolute atomic E-state index is 11.5. The van der Waals surface area contributed by atoms with Gasteiger partial charge >= 0.3 is 0 Å². The number of aryl methyl sites for hydroxylation is 1. The van der Waals surface area contributed by atoms with E-state index in [1.165, 1.54) is 23.4 Å². The van der Waals surface area contributed by atoms with E-state index >= 15 is 0 Å². The summed E-state index contributed by atoms with van der Waals surface area (Å²) < 4.78 is 1.47. The van der Waals surface area contributed by atoms with Crippen molar-refractivity contribution >= 4 is 11.9 Å². The third-order valence-electron chi connectivity index (χ3n) is 1.70. The van der Waals surface area contributed by atoms with Gasteiger partial charge < -0.3 is 0 Å². The zero-order chi connectivity index (χ0) is 9.97. The Morgan fingerprint density at radius 2 is 2.50 bits per heavy atom. The highest BCUT2D eigenvalue weighted by atomic mass is 16.1. The molecule has 0 aromatic carbocycles. The molecule has 0 radical (unpaired) electrons. The maximum Gasteiger partial charge on any atom is 0.261 e. The van der Waals surface area contributed by atoms with Crippen LogP contribution in [0.3, 0.4) is 0 Å². The third-order valence-corrected chi connectivity index (χ3v) is 1.70. The van der Waals surface area contributed by atoms with Gasteiger partial charge in [0.1, 0.15) is 6.33 Å². The number of carbonyl (C=O) groups excluding carboxylic acids is 1. The van der Waals surface area contributed by atoms with Gasteiger partial charge in [0.25, 0.3) is 5.91 Å². The van der Waals surface area contributed by atoms with E-state index in [2.05, 4.69) is 25.6 Å². The lowest BCUT2D eigenvalue weighted by atomic mass is 10.3. The molecule has 1 amide bonds. The number of rotatable bonds is 2. The van der Waals surface area contributed by atoms with Crippen molar-refractivity contribution in [3.8, 4) is 0 Å². The van der Waals surface area contributed by atoms with Crippen LogP contribution in [0.1, 0.15) is 10.4 Å². The Balaban J connectivity index is 2.13. The van der Waals surface area contributed by atoms with Crippen molar-refractivity contribution in [2.45, 2.75) is 0 Å². The average molecular weight is 192 g/mol. The Bertz CT molecular complexity index is 431. The molecular weight excluding hydrogens is 184 g/mol. The maximum atomic E-state index is 11.5. The van der Waals surface area contributed by atoms with E-state index in [1.807, 2.05) is 0 Å². The number of carbonyl (C=O) groups is 1.